The fourth-order valence-electron chi connectivity index (χ4n) is 1.88. The van der Waals surface area contributed by atoms with Crippen LogP contribution >= 0.6 is 0 Å². The SMILES string of the molecule is Cc1ccc(-c2cc(N)ccc2N)c(C(=O)O)c1. The maximum absolute atomic E-state index is 11.3. The Hall–Kier alpha value is -2.49. The van der Waals surface area contributed by atoms with E-state index < -0.39 is 5.97 Å². The lowest BCUT2D eigenvalue weighted by Gasteiger charge is -2.11. The number of benzene rings is 2. The van der Waals surface area contributed by atoms with E-state index in [0.717, 1.165) is 5.56 Å². The highest BCUT2D eigenvalue weighted by molar-refractivity contribution is 5.98. The summed E-state index contributed by atoms with van der Waals surface area (Å²) >= 11 is 0. The molecule has 0 unspecified atom stereocenters. The molecule has 0 amide bonds. The number of carboxylic acids is 1. The van der Waals surface area contributed by atoms with Crippen LogP contribution in [0.25, 0.3) is 11.1 Å². The molecule has 0 bridgehead atoms. The van der Waals surface area contributed by atoms with Crippen molar-refractivity contribution in [3.63, 3.8) is 0 Å². The predicted octanol–water partition coefficient (Wildman–Crippen LogP) is 2.52. The molecule has 0 aliphatic rings. The van der Waals surface area contributed by atoms with E-state index in [1.165, 1.54) is 0 Å². The van der Waals surface area contributed by atoms with Gasteiger partial charge in [-0.15, -0.1) is 0 Å². The van der Waals surface area contributed by atoms with Crippen molar-refractivity contribution in [3.8, 4) is 11.1 Å². The number of anilines is 2. The molecule has 0 radical (unpaired) electrons. The summed E-state index contributed by atoms with van der Waals surface area (Å²) in [6, 6.07) is 10.3. The van der Waals surface area contributed by atoms with E-state index in [2.05, 4.69) is 0 Å². The van der Waals surface area contributed by atoms with Crippen LogP contribution in [0.1, 0.15) is 15.9 Å². The monoisotopic (exact) mass is 242 g/mol. The number of carbonyl (C=O) groups is 1. The fraction of sp³-hybridized carbons (Fsp3) is 0.0714. The first-order valence-corrected chi connectivity index (χ1v) is 5.48. The standard InChI is InChI=1S/C14H14N2O2/c1-8-2-4-10(12(6-8)14(17)18)11-7-9(15)3-5-13(11)16/h2-7H,15-16H2,1H3,(H,17,18). The summed E-state index contributed by atoms with van der Waals surface area (Å²) < 4.78 is 0. The molecule has 0 aliphatic carbocycles. The molecule has 92 valence electrons. The van der Waals surface area contributed by atoms with Crippen LogP contribution in [0, 0.1) is 6.92 Å². The van der Waals surface area contributed by atoms with Crippen molar-refractivity contribution >= 4 is 17.3 Å². The average molecular weight is 242 g/mol. The summed E-state index contributed by atoms with van der Waals surface area (Å²) in [4.78, 5) is 11.3. The van der Waals surface area contributed by atoms with Crippen molar-refractivity contribution in [3.05, 3.63) is 47.5 Å². The van der Waals surface area contributed by atoms with Gasteiger partial charge < -0.3 is 16.6 Å². The Kier molecular flexibility index (Phi) is 2.93. The summed E-state index contributed by atoms with van der Waals surface area (Å²) in [7, 11) is 0. The van der Waals surface area contributed by atoms with Crippen molar-refractivity contribution in [1.82, 2.24) is 0 Å². The van der Waals surface area contributed by atoms with Gasteiger partial charge in [-0.05, 0) is 36.8 Å². The average Bonchev–Trinajstić information content (AvgIpc) is 2.32. The third-order valence-electron chi connectivity index (χ3n) is 2.77. The lowest BCUT2D eigenvalue weighted by atomic mass is 9.96. The lowest BCUT2D eigenvalue weighted by Crippen LogP contribution is -2.02. The molecule has 0 aromatic heterocycles. The zero-order chi connectivity index (χ0) is 13.3. The Bertz CT molecular complexity index is 621. The Morgan fingerprint density at radius 3 is 2.44 bits per heavy atom. The highest BCUT2D eigenvalue weighted by atomic mass is 16.4. The summed E-state index contributed by atoms with van der Waals surface area (Å²) in [6.07, 6.45) is 0. The normalized spacial score (nSPS) is 10.3. The summed E-state index contributed by atoms with van der Waals surface area (Å²) in [5.41, 5.74) is 15.0. The van der Waals surface area contributed by atoms with Gasteiger partial charge in [0, 0.05) is 16.9 Å². The molecule has 4 nitrogen and oxygen atoms in total. The van der Waals surface area contributed by atoms with Crippen molar-refractivity contribution < 1.29 is 9.90 Å². The molecular weight excluding hydrogens is 228 g/mol. The van der Waals surface area contributed by atoms with E-state index in [-0.39, 0.29) is 5.56 Å². The second-order valence-corrected chi connectivity index (χ2v) is 4.20. The topological polar surface area (TPSA) is 89.3 Å². The number of aryl methyl sites for hydroxylation is 1. The first-order chi connectivity index (χ1) is 8.49. The quantitative estimate of drug-likeness (QED) is 0.706. The fourth-order valence-corrected chi connectivity index (χ4v) is 1.88. The number of hydrogen-bond donors (Lipinski definition) is 3. The summed E-state index contributed by atoms with van der Waals surface area (Å²) in [6.45, 7) is 1.85. The zero-order valence-corrected chi connectivity index (χ0v) is 9.97. The van der Waals surface area contributed by atoms with Gasteiger partial charge in [-0.2, -0.15) is 0 Å². The molecule has 4 heteroatoms. The van der Waals surface area contributed by atoms with Crippen LogP contribution in [0.2, 0.25) is 0 Å². The number of rotatable bonds is 2. The third-order valence-corrected chi connectivity index (χ3v) is 2.77. The minimum Gasteiger partial charge on any atom is -0.478 e. The first-order valence-electron chi connectivity index (χ1n) is 5.48. The first kappa shape index (κ1) is 12.0. The highest BCUT2D eigenvalue weighted by Gasteiger charge is 2.14. The smallest absolute Gasteiger partial charge is 0.336 e. The van der Waals surface area contributed by atoms with E-state index in [1.54, 1.807) is 30.3 Å². The molecule has 2 rings (SSSR count). The molecule has 0 atom stereocenters. The zero-order valence-electron chi connectivity index (χ0n) is 9.97. The molecule has 0 saturated carbocycles. The molecule has 5 N–H and O–H groups in total. The van der Waals surface area contributed by atoms with Gasteiger partial charge in [0.15, 0.2) is 0 Å². The number of nitrogen functional groups attached to an aromatic ring is 2. The van der Waals surface area contributed by atoms with Gasteiger partial charge in [-0.1, -0.05) is 17.7 Å². The van der Waals surface area contributed by atoms with Gasteiger partial charge in [0.2, 0.25) is 0 Å². The molecule has 0 spiro atoms. The maximum Gasteiger partial charge on any atom is 0.336 e. The van der Waals surface area contributed by atoms with Gasteiger partial charge in [0.25, 0.3) is 0 Å². The molecule has 18 heavy (non-hydrogen) atoms. The van der Waals surface area contributed by atoms with Gasteiger partial charge in [0.05, 0.1) is 5.56 Å². The second kappa shape index (κ2) is 4.41. The van der Waals surface area contributed by atoms with E-state index >= 15 is 0 Å². The van der Waals surface area contributed by atoms with E-state index in [4.69, 9.17) is 11.5 Å². The van der Waals surface area contributed by atoms with Gasteiger partial charge in [-0.3, -0.25) is 0 Å². The Morgan fingerprint density at radius 1 is 1.06 bits per heavy atom. The number of aromatic carboxylic acids is 1. The van der Waals surface area contributed by atoms with Crippen LogP contribution in [0.3, 0.4) is 0 Å². The third kappa shape index (κ3) is 2.13. The van der Waals surface area contributed by atoms with Crippen molar-refractivity contribution in [2.75, 3.05) is 11.5 Å². The predicted molar refractivity (Wildman–Crippen MR) is 72.4 cm³/mol. The summed E-state index contributed by atoms with van der Waals surface area (Å²) in [5.74, 6) is -0.976. The van der Waals surface area contributed by atoms with E-state index in [0.29, 0.717) is 22.5 Å². The van der Waals surface area contributed by atoms with E-state index in [9.17, 15) is 9.90 Å². The Balaban J connectivity index is 2.70. The van der Waals surface area contributed by atoms with Crippen LogP contribution in [0.4, 0.5) is 11.4 Å². The minimum absolute atomic E-state index is 0.229. The van der Waals surface area contributed by atoms with Crippen LogP contribution in [0.15, 0.2) is 36.4 Å². The number of hydrogen-bond acceptors (Lipinski definition) is 3. The highest BCUT2D eigenvalue weighted by Crippen LogP contribution is 2.31. The number of carboxylic acid groups (broad SMARTS) is 1. The maximum atomic E-state index is 11.3. The second-order valence-electron chi connectivity index (χ2n) is 4.20. The van der Waals surface area contributed by atoms with Crippen molar-refractivity contribution in [2.45, 2.75) is 6.92 Å². The van der Waals surface area contributed by atoms with Crippen LogP contribution in [-0.4, -0.2) is 11.1 Å². The molecule has 0 aliphatic heterocycles. The van der Waals surface area contributed by atoms with Crippen LogP contribution in [-0.2, 0) is 0 Å². The number of nitrogens with two attached hydrogens (primary N) is 2. The van der Waals surface area contributed by atoms with Gasteiger partial charge in [0.1, 0.15) is 0 Å². The molecule has 0 saturated heterocycles. The van der Waals surface area contributed by atoms with Crippen LogP contribution < -0.4 is 11.5 Å². The lowest BCUT2D eigenvalue weighted by molar-refractivity contribution is 0.0697. The van der Waals surface area contributed by atoms with Crippen molar-refractivity contribution in [2.24, 2.45) is 0 Å². The minimum atomic E-state index is -0.976. The molecule has 2 aromatic rings. The summed E-state index contributed by atoms with van der Waals surface area (Å²) in [5, 5.41) is 9.24. The molecule has 0 fully saturated rings. The van der Waals surface area contributed by atoms with Gasteiger partial charge in [-0.25, -0.2) is 4.79 Å². The van der Waals surface area contributed by atoms with E-state index in [1.807, 2.05) is 13.0 Å². The molecule has 0 heterocycles. The molecular formula is C14H14N2O2. The molecule has 2 aromatic carbocycles. The van der Waals surface area contributed by atoms with Crippen LogP contribution in [0.5, 0.6) is 0 Å². The van der Waals surface area contributed by atoms with Crippen molar-refractivity contribution in [1.29, 1.82) is 0 Å². The largest absolute Gasteiger partial charge is 0.478 e. The van der Waals surface area contributed by atoms with Gasteiger partial charge >= 0.3 is 5.97 Å². The Labute approximate surface area is 105 Å². The Morgan fingerprint density at radius 2 is 1.78 bits per heavy atom.